The van der Waals surface area contributed by atoms with Crippen molar-refractivity contribution in [1.29, 1.82) is 0 Å². The zero-order valence-electron chi connectivity index (χ0n) is 14.2. The molecule has 0 saturated carbocycles. The highest BCUT2D eigenvalue weighted by molar-refractivity contribution is 9.09. The van der Waals surface area contributed by atoms with Crippen molar-refractivity contribution in [3.8, 4) is 0 Å². The average Bonchev–Trinajstić information content (AvgIpc) is 2.42. The second-order valence-electron chi connectivity index (χ2n) is 6.32. The summed E-state index contributed by atoms with van der Waals surface area (Å²) in [4.78, 5) is 0.258. The van der Waals surface area contributed by atoms with Gasteiger partial charge in [0, 0.05) is 0 Å². The molecule has 0 nitrogen and oxygen atoms in total. The van der Waals surface area contributed by atoms with Crippen LogP contribution in [-0.2, 0) is 0 Å². The standard InChI is InChI=1S/C20H25Br/c1-11-8-12(2)10-18(9-11)20(21)19-16(6)14(4)13(3)15(5)17(19)7/h8-10,20H,1-7H3. The van der Waals surface area contributed by atoms with Gasteiger partial charge in [0.25, 0.3) is 0 Å². The molecular formula is C20H25Br. The second-order valence-corrected chi connectivity index (χ2v) is 7.24. The molecule has 0 saturated heterocycles. The van der Waals surface area contributed by atoms with Gasteiger partial charge in [0.15, 0.2) is 0 Å². The molecule has 0 N–H and O–H groups in total. The van der Waals surface area contributed by atoms with Crippen molar-refractivity contribution >= 4 is 15.9 Å². The maximum Gasteiger partial charge on any atom is 0.0650 e. The maximum atomic E-state index is 3.96. The maximum absolute atomic E-state index is 3.96. The number of rotatable bonds is 2. The van der Waals surface area contributed by atoms with Crippen LogP contribution in [0.15, 0.2) is 18.2 Å². The molecule has 0 spiro atoms. The molecule has 2 aromatic carbocycles. The minimum absolute atomic E-state index is 0.258. The van der Waals surface area contributed by atoms with E-state index >= 15 is 0 Å². The Morgan fingerprint density at radius 2 is 1.00 bits per heavy atom. The van der Waals surface area contributed by atoms with Crippen molar-refractivity contribution in [1.82, 2.24) is 0 Å². The summed E-state index contributed by atoms with van der Waals surface area (Å²) in [6.07, 6.45) is 0. The summed E-state index contributed by atoms with van der Waals surface area (Å²) >= 11 is 3.96. The lowest BCUT2D eigenvalue weighted by Gasteiger charge is -2.23. The van der Waals surface area contributed by atoms with Crippen LogP contribution < -0.4 is 0 Å². The molecule has 2 rings (SSSR count). The largest absolute Gasteiger partial charge is 0.0786 e. The highest BCUT2D eigenvalue weighted by Crippen LogP contribution is 2.39. The summed E-state index contributed by atoms with van der Waals surface area (Å²) in [5.41, 5.74) is 12.5. The van der Waals surface area contributed by atoms with E-state index in [1.807, 2.05) is 0 Å². The van der Waals surface area contributed by atoms with Crippen LogP contribution in [0.3, 0.4) is 0 Å². The Balaban J connectivity index is 2.66. The summed E-state index contributed by atoms with van der Waals surface area (Å²) < 4.78 is 0. The Morgan fingerprint density at radius 1 is 0.619 bits per heavy atom. The van der Waals surface area contributed by atoms with Crippen molar-refractivity contribution in [3.05, 3.63) is 68.3 Å². The number of halogens is 1. The van der Waals surface area contributed by atoms with Crippen molar-refractivity contribution in [2.24, 2.45) is 0 Å². The molecule has 1 unspecified atom stereocenters. The first kappa shape index (κ1) is 16.3. The van der Waals surface area contributed by atoms with E-state index in [0.717, 1.165) is 0 Å². The van der Waals surface area contributed by atoms with Crippen LogP contribution in [0, 0.1) is 48.5 Å². The molecule has 0 aromatic heterocycles. The van der Waals surface area contributed by atoms with Gasteiger partial charge in [-0.05, 0) is 87.4 Å². The monoisotopic (exact) mass is 344 g/mol. The molecule has 0 heterocycles. The fraction of sp³-hybridized carbons (Fsp3) is 0.400. The highest BCUT2D eigenvalue weighted by Gasteiger charge is 2.20. The first-order valence-electron chi connectivity index (χ1n) is 7.53. The smallest absolute Gasteiger partial charge is 0.0650 e. The minimum Gasteiger partial charge on any atom is -0.0786 e. The van der Waals surface area contributed by atoms with E-state index in [2.05, 4.69) is 82.6 Å². The van der Waals surface area contributed by atoms with E-state index in [0.29, 0.717) is 0 Å². The van der Waals surface area contributed by atoms with Crippen molar-refractivity contribution in [2.75, 3.05) is 0 Å². The predicted octanol–water partition coefficient (Wildman–Crippen LogP) is 6.33. The van der Waals surface area contributed by atoms with E-state index in [4.69, 9.17) is 0 Å². The van der Waals surface area contributed by atoms with Gasteiger partial charge in [0.05, 0.1) is 4.83 Å². The summed E-state index contributed by atoms with van der Waals surface area (Å²) in [6, 6.07) is 6.81. The van der Waals surface area contributed by atoms with E-state index in [-0.39, 0.29) is 4.83 Å². The second kappa shape index (κ2) is 5.96. The zero-order chi connectivity index (χ0) is 15.9. The van der Waals surface area contributed by atoms with E-state index in [9.17, 15) is 0 Å². The molecule has 1 atom stereocenters. The van der Waals surface area contributed by atoms with Crippen LogP contribution in [0.5, 0.6) is 0 Å². The van der Waals surface area contributed by atoms with Crippen LogP contribution in [0.25, 0.3) is 0 Å². The van der Waals surface area contributed by atoms with Gasteiger partial charge in [-0.2, -0.15) is 0 Å². The minimum atomic E-state index is 0.258. The molecule has 0 aliphatic heterocycles. The predicted molar refractivity (Wildman–Crippen MR) is 96.8 cm³/mol. The van der Waals surface area contributed by atoms with Gasteiger partial charge in [-0.15, -0.1) is 0 Å². The molecule has 0 bridgehead atoms. The lowest BCUT2D eigenvalue weighted by Crippen LogP contribution is -2.06. The van der Waals surface area contributed by atoms with Crippen molar-refractivity contribution < 1.29 is 0 Å². The molecule has 0 amide bonds. The Labute approximate surface area is 137 Å². The molecule has 112 valence electrons. The molecular weight excluding hydrogens is 320 g/mol. The van der Waals surface area contributed by atoms with Gasteiger partial charge < -0.3 is 0 Å². The number of hydrogen-bond acceptors (Lipinski definition) is 0. The number of alkyl halides is 1. The Kier molecular flexibility index (Phi) is 4.63. The molecule has 0 fully saturated rings. The lowest BCUT2D eigenvalue weighted by atomic mass is 9.86. The van der Waals surface area contributed by atoms with E-state index in [1.54, 1.807) is 0 Å². The lowest BCUT2D eigenvalue weighted by molar-refractivity contribution is 1.05. The molecule has 2 aromatic rings. The summed E-state index contributed by atoms with van der Waals surface area (Å²) in [7, 11) is 0. The Hall–Kier alpha value is -1.08. The topological polar surface area (TPSA) is 0 Å². The van der Waals surface area contributed by atoms with Gasteiger partial charge in [0.1, 0.15) is 0 Å². The normalized spacial score (nSPS) is 12.6. The molecule has 1 heteroatoms. The van der Waals surface area contributed by atoms with Crippen LogP contribution in [0.1, 0.15) is 54.9 Å². The van der Waals surface area contributed by atoms with Crippen molar-refractivity contribution in [2.45, 2.75) is 53.3 Å². The van der Waals surface area contributed by atoms with Crippen LogP contribution in [-0.4, -0.2) is 0 Å². The van der Waals surface area contributed by atoms with Gasteiger partial charge in [-0.1, -0.05) is 45.3 Å². The molecule has 0 radical (unpaired) electrons. The fourth-order valence-electron chi connectivity index (χ4n) is 3.23. The average molecular weight is 345 g/mol. The fourth-order valence-corrected chi connectivity index (χ4v) is 4.18. The quantitative estimate of drug-likeness (QED) is 0.558. The Bertz CT molecular complexity index is 646. The third-order valence-electron chi connectivity index (χ3n) is 4.85. The van der Waals surface area contributed by atoms with Crippen LogP contribution in [0.2, 0.25) is 0 Å². The molecule has 0 aliphatic carbocycles. The van der Waals surface area contributed by atoms with Gasteiger partial charge in [-0.25, -0.2) is 0 Å². The molecule has 21 heavy (non-hydrogen) atoms. The molecule has 0 aliphatic rings. The Morgan fingerprint density at radius 3 is 1.43 bits per heavy atom. The van der Waals surface area contributed by atoms with Gasteiger partial charge in [0.2, 0.25) is 0 Å². The summed E-state index contributed by atoms with van der Waals surface area (Å²) in [6.45, 7) is 15.5. The summed E-state index contributed by atoms with van der Waals surface area (Å²) in [5, 5.41) is 0. The highest BCUT2D eigenvalue weighted by atomic mass is 79.9. The summed E-state index contributed by atoms with van der Waals surface area (Å²) in [5.74, 6) is 0. The first-order valence-corrected chi connectivity index (χ1v) is 8.44. The van der Waals surface area contributed by atoms with Crippen molar-refractivity contribution in [3.63, 3.8) is 0 Å². The third-order valence-corrected chi connectivity index (χ3v) is 5.83. The number of aryl methyl sites for hydroxylation is 2. The SMILES string of the molecule is Cc1cc(C)cc(C(Br)c2c(C)c(C)c(C)c(C)c2C)c1. The van der Waals surface area contributed by atoms with Crippen LogP contribution >= 0.6 is 15.9 Å². The first-order chi connectivity index (χ1) is 9.73. The number of hydrogen-bond donors (Lipinski definition) is 0. The zero-order valence-corrected chi connectivity index (χ0v) is 15.8. The van der Waals surface area contributed by atoms with Crippen LogP contribution in [0.4, 0.5) is 0 Å². The van der Waals surface area contributed by atoms with Gasteiger partial charge in [-0.3, -0.25) is 0 Å². The third kappa shape index (κ3) is 2.94. The van der Waals surface area contributed by atoms with E-state index < -0.39 is 0 Å². The van der Waals surface area contributed by atoms with Gasteiger partial charge >= 0.3 is 0 Å². The van der Waals surface area contributed by atoms with E-state index in [1.165, 1.54) is 50.1 Å². The number of benzene rings is 2.